The number of benzene rings is 1. The number of likely N-dealkylation sites (N-methyl/N-ethyl adjacent to an activating group) is 1. The van der Waals surface area contributed by atoms with Gasteiger partial charge < -0.3 is 9.47 Å². The van der Waals surface area contributed by atoms with Gasteiger partial charge in [0.2, 0.25) is 5.91 Å². The Balaban J connectivity index is 1.61. The van der Waals surface area contributed by atoms with Crippen molar-refractivity contribution >= 4 is 5.91 Å². The van der Waals surface area contributed by atoms with Gasteiger partial charge in [0.15, 0.2) is 0 Å². The first kappa shape index (κ1) is 17.0. The Morgan fingerprint density at radius 1 is 1.40 bits per heavy atom. The Labute approximate surface area is 145 Å². The number of fused-ring (bicyclic) bond motifs is 1. The lowest BCUT2D eigenvalue weighted by molar-refractivity contribution is -0.132. The van der Waals surface area contributed by atoms with Gasteiger partial charge in [-0.05, 0) is 25.1 Å². The number of hydrogen-bond acceptors (Lipinski definition) is 5. The van der Waals surface area contributed by atoms with E-state index in [1.54, 1.807) is 7.05 Å². The van der Waals surface area contributed by atoms with E-state index in [1.165, 1.54) is 23.1 Å². The first-order valence-electron chi connectivity index (χ1n) is 8.01. The number of halogens is 1. The van der Waals surface area contributed by atoms with Crippen LogP contribution in [0.2, 0.25) is 0 Å². The van der Waals surface area contributed by atoms with Crippen LogP contribution in [0.1, 0.15) is 22.8 Å². The maximum Gasteiger partial charge on any atom is 0.236 e. The summed E-state index contributed by atoms with van der Waals surface area (Å²) < 4.78 is 15.9. The highest BCUT2D eigenvalue weighted by Gasteiger charge is 2.22. The van der Waals surface area contributed by atoms with E-state index in [0.717, 1.165) is 24.7 Å². The summed E-state index contributed by atoms with van der Waals surface area (Å²) in [6.45, 7) is 4.34. The molecule has 1 amide bonds. The number of carbonyl (C=O) groups is 1. The standard InChI is InChI=1S/C17H19FN6O/c1-12-20-21-16-10-23(5-6-24(12)16)11-17(25)22(2)9-14-7-13(8-19)3-4-15(14)18/h3-4,7H,5-6,9-11H2,1-2H3. The van der Waals surface area contributed by atoms with E-state index >= 15 is 0 Å². The Kier molecular flexibility index (Phi) is 4.76. The Hall–Kier alpha value is -2.79. The lowest BCUT2D eigenvalue weighted by Crippen LogP contribution is -2.42. The number of aryl methyl sites for hydroxylation is 1. The van der Waals surface area contributed by atoms with E-state index in [9.17, 15) is 9.18 Å². The van der Waals surface area contributed by atoms with Crippen molar-refractivity contribution < 1.29 is 9.18 Å². The molecule has 0 aliphatic carbocycles. The number of aromatic nitrogens is 3. The zero-order valence-corrected chi connectivity index (χ0v) is 14.2. The molecular formula is C17H19FN6O. The first-order valence-corrected chi connectivity index (χ1v) is 8.01. The van der Waals surface area contributed by atoms with Crippen molar-refractivity contribution in [1.82, 2.24) is 24.6 Å². The van der Waals surface area contributed by atoms with Crippen LogP contribution in [0.5, 0.6) is 0 Å². The van der Waals surface area contributed by atoms with Gasteiger partial charge in [0, 0.05) is 32.2 Å². The topological polar surface area (TPSA) is 78.1 Å². The van der Waals surface area contributed by atoms with E-state index in [1.807, 2.05) is 22.5 Å². The highest BCUT2D eigenvalue weighted by molar-refractivity contribution is 5.78. The number of nitriles is 1. The van der Waals surface area contributed by atoms with Crippen molar-refractivity contribution in [2.24, 2.45) is 0 Å². The maximum atomic E-state index is 13.9. The molecule has 130 valence electrons. The zero-order valence-electron chi connectivity index (χ0n) is 14.2. The molecule has 0 radical (unpaired) electrons. The van der Waals surface area contributed by atoms with Gasteiger partial charge in [-0.1, -0.05) is 0 Å². The Morgan fingerprint density at radius 3 is 2.96 bits per heavy atom. The van der Waals surface area contributed by atoms with Crippen molar-refractivity contribution in [3.05, 3.63) is 46.8 Å². The van der Waals surface area contributed by atoms with Gasteiger partial charge in [-0.25, -0.2) is 4.39 Å². The summed E-state index contributed by atoms with van der Waals surface area (Å²) in [6, 6.07) is 6.14. The molecule has 0 N–H and O–H groups in total. The van der Waals surface area contributed by atoms with Gasteiger partial charge in [0.1, 0.15) is 17.5 Å². The second-order valence-electron chi connectivity index (χ2n) is 6.19. The van der Waals surface area contributed by atoms with E-state index in [2.05, 4.69) is 10.2 Å². The molecule has 25 heavy (non-hydrogen) atoms. The molecule has 1 aromatic heterocycles. The predicted octanol–water partition coefficient (Wildman–Crippen LogP) is 1.07. The molecule has 8 heteroatoms. The molecule has 0 atom stereocenters. The summed E-state index contributed by atoms with van der Waals surface area (Å²) in [5.41, 5.74) is 0.715. The zero-order chi connectivity index (χ0) is 18.0. The van der Waals surface area contributed by atoms with Gasteiger partial charge in [0.25, 0.3) is 0 Å². The van der Waals surface area contributed by atoms with E-state index in [0.29, 0.717) is 17.7 Å². The maximum absolute atomic E-state index is 13.9. The van der Waals surface area contributed by atoms with Crippen LogP contribution in [0.4, 0.5) is 4.39 Å². The molecule has 0 spiro atoms. The van der Waals surface area contributed by atoms with Gasteiger partial charge in [-0.3, -0.25) is 9.69 Å². The predicted molar refractivity (Wildman–Crippen MR) is 87.6 cm³/mol. The highest BCUT2D eigenvalue weighted by Crippen LogP contribution is 2.14. The first-order chi connectivity index (χ1) is 12.0. The molecule has 0 saturated heterocycles. The fraction of sp³-hybridized carbons (Fsp3) is 0.412. The third kappa shape index (κ3) is 3.67. The number of hydrogen-bond donors (Lipinski definition) is 0. The van der Waals surface area contributed by atoms with Gasteiger partial charge in [0.05, 0.1) is 24.7 Å². The lowest BCUT2D eigenvalue weighted by atomic mass is 10.1. The molecule has 1 aromatic carbocycles. The molecular weight excluding hydrogens is 323 g/mol. The van der Waals surface area contributed by atoms with Crippen LogP contribution in [-0.4, -0.2) is 50.6 Å². The third-order valence-electron chi connectivity index (χ3n) is 4.38. The number of amides is 1. The minimum atomic E-state index is -0.416. The van der Waals surface area contributed by atoms with E-state index in [-0.39, 0.29) is 19.0 Å². The summed E-state index contributed by atoms with van der Waals surface area (Å²) in [6.07, 6.45) is 0. The van der Waals surface area contributed by atoms with Crippen LogP contribution in [-0.2, 0) is 24.4 Å². The van der Waals surface area contributed by atoms with Crippen molar-refractivity contribution in [2.45, 2.75) is 26.6 Å². The quantitative estimate of drug-likeness (QED) is 0.831. The average Bonchev–Trinajstić information content (AvgIpc) is 2.97. The van der Waals surface area contributed by atoms with Gasteiger partial charge in [-0.15, -0.1) is 10.2 Å². The number of rotatable bonds is 4. The molecule has 2 heterocycles. The molecule has 0 fully saturated rings. The Bertz CT molecular complexity index is 840. The molecule has 1 aliphatic heterocycles. The van der Waals surface area contributed by atoms with E-state index in [4.69, 9.17) is 5.26 Å². The summed E-state index contributed by atoms with van der Waals surface area (Å²) in [4.78, 5) is 15.9. The highest BCUT2D eigenvalue weighted by atomic mass is 19.1. The van der Waals surface area contributed by atoms with Crippen LogP contribution >= 0.6 is 0 Å². The van der Waals surface area contributed by atoms with Crippen LogP contribution in [0.15, 0.2) is 18.2 Å². The molecule has 7 nitrogen and oxygen atoms in total. The van der Waals surface area contributed by atoms with Crippen LogP contribution in [0.25, 0.3) is 0 Å². The van der Waals surface area contributed by atoms with Crippen molar-refractivity contribution in [3.8, 4) is 6.07 Å². The van der Waals surface area contributed by atoms with Gasteiger partial charge >= 0.3 is 0 Å². The van der Waals surface area contributed by atoms with Gasteiger partial charge in [-0.2, -0.15) is 5.26 Å². The fourth-order valence-corrected chi connectivity index (χ4v) is 2.91. The summed E-state index contributed by atoms with van der Waals surface area (Å²) in [7, 11) is 1.64. The summed E-state index contributed by atoms with van der Waals surface area (Å²) in [5.74, 6) is 1.21. The summed E-state index contributed by atoms with van der Waals surface area (Å²) in [5, 5.41) is 17.1. The monoisotopic (exact) mass is 342 g/mol. The molecule has 3 rings (SSSR count). The van der Waals surface area contributed by atoms with Crippen molar-refractivity contribution in [3.63, 3.8) is 0 Å². The molecule has 0 unspecified atom stereocenters. The minimum absolute atomic E-state index is 0.105. The second-order valence-corrected chi connectivity index (χ2v) is 6.19. The molecule has 2 aromatic rings. The minimum Gasteiger partial charge on any atom is -0.340 e. The average molecular weight is 342 g/mol. The normalized spacial score (nSPS) is 14.0. The number of nitrogens with zero attached hydrogens (tertiary/aromatic N) is 6. The van der Waals surface area contributed by atoms with Crippen molar-refractivity contribution in [1.29, 1.82) is 5.26 Å². The molecule has 0 bridgehead atoms. The van der Waals surface area contributed by atoms with Crippen LogP contribution in [0, 0.1) is 24.1 Å². The van der Waals surface area contributed by atoms with Crippen molar-refractivity contribution in [2.75, 3.05) is 20.1 Å². The van der Waals surface area contributed by atoms with Crippen LogP contribution in [0.3, 0.4) is 0 Å². The largest absolute Gasteiger partial charge is 0.340 e. The second kappa shape index (κ2) is 6.99. The summed E-state index contributed by atoms with van der Waals surface area (Å²) >= 11 is 0. The third-order valence-corrected chi connectivity index (χ3v) is 4.38. The van der Waals surface area contributed by atoms with Crippen LogP contribution < -0.4 is 0 Å². The Morgan fingerprint density at radius 2 is 2.20 bits per heavy atom. The smallest absolute Gasteiger partial charge is 0.236 e. The SMILES string of the molecule is Cc1nnc2n1CCN(CC(=O)N(C)Cc1cc(C#N)ccc1F)C2. The molecule has 1 aliphatic rings. The molecule has 0 saturated carbocycles. The lowest BCUT2D eigenvalue weighted by Gasteiger charge is -2.28. The van der Waals surface area contributed by atoms with E-state index < -0.39 is 5.82 Å². The number of carbonyl (C=O) groups excluding carboxylic acids is 1. The fourth-order valence-electron chi connectivity index (χ4n) is 2.91.